The maximum absolute atomic E-state index is 13.4. The van der Waals surface area contributed by atoms with Gasteiger partial charge in [-0.2, -0.15) is 0 Å². The highest BCUT2D eigenvalue weighted by Crippen LogP contribution is 2.23. The van der Waals surface area contributed by atoms with E-state index in [0.717, 1.165) is 11.0 Å². The fourth-order valence-corrected chi connectivity index (χ4v) is 3.61. The summed E-state index contributed by atoms with van der Waals surface area (Å²) < 4.78 is 15.2. The lowest BCUT2D eigenvalue weighted by molar-refractivity contribution is 0.0987. The molecule has 0 aliphatic carbocycles. The van der Waals surface area contributed by atoms with Gasteiger partial charge >= 0.3 is 0 Å². The number of anilines is 1. The molecule has 0 spiro atoms. The highest BCUT2D eigenvalue weighted by molar-refractivity contribution is 7.15. The molecule has 27 heavy (non-hydrogen) atoms. The number of carbonyl (C=O) groups is 1. The molecule has 0 saturated heterocycles. The van der Waals surface area contributed by atoms with Crippen LogP contribution in [0.5, 0.6) is 0 Å². The number of benzene rings is 2. The monoisotopic (exact) mass is 382 g/mol. The lowest BCUT2D eigenvalue weighted by Gasteiger charge is -2.16. The van der Waals surface area contributed by atoms with Gasteiger partial charge in [0.25, 0.3) is 5.91 Å². The lowest BCUT2D eigenvalue weighted by Crippen LogP contribution is -2.30. The van der Waals surface area contributed by atoms with Crippen molar-refractivity contribution in [2.45, 2.75) is 13.5 Å². The number of hydrogen-bond acceptors (Lipinski definition) is 6. The normalized spacial score (nSPS) is 11.0. The second-order valence-electron chi connectivity index (χ2n) is 5.77. The predicted molar refractivity (Wildman–Crippen MR) is 100 cm³/mol. The van der Waals surface area contributed by atoms with Crippen molar-refractivity contribution in [3.05, 3.63) is 64.9 Å². The van der Waals surface area contributed by atoms with Crippen LogP contribution in [0.15, 0.2) is 48.5 Å². The molecule has 0 radical (unpaired) electrons. The number of aromatic nitrogens is 5. The third-order valence-corrected chi connectivity index (χ3v) is 4.96. The fourth-order valence-electron chi connectivity index (χ4n) is 2.72. The summed E-state index contributed by atoms with van der Waals surface area (Å²) in [6, 6.07) is 13.3. The van der Waals surface area contributed by atoms with Crippen molar-refractivity contribution in [1.29, 1.82) is 0 Å². The van der Waals surface area contributed by atoms with Crippen LogP contribution in [0.1, 0.15) is 22.3 Å². The summed E-state index contributed by atoms with van der Waals surface area (Å²) >= 11 is 1.30. The minimum atomic E-state index is -0.451. The number of para-hydroxylation sites is 1. The van der Waals surface area contributed by atoms with Gasteiger partial charge in [0.15, 0.2) is 0 Å². The van der Waals surface area contributed by atoms with E-state index in [9.17, 15) is 9.18 Å². The highest BCUT2D eigenvalue weighted by Gasteiger charge is 2.21. The Morgan fingerprint density at radius 2 is 2.00 bits per heavy atom. The standard InChI is InChI=1S/C18H15FN6OS/c1-2-24(17(26)12-6-5-7-13(19)10-12)18-22-21-16(27-18)11-25-15-9-4-3-8-14(15)20-23-25/h3-10H,2,11H2,1H3. The average molecular weight is 382 g/mol. The summed E-state index contributed by atoms with van der Waals surface area (Å²) in [5, 5.41) is 17.7. The first-order valence-electron chi connectivity index (χ1n) is 8.33. The minimum absolute atomic E-state index is 0.274. The number of fused-ring (bicyclic) bond motifs is 1. The van der Waals surface area contributed by atoms with E-state index < -0.39 is 5.82 Å². The van der Waals surface area contributed by atoms with Crippen LogP contribution in [0.25, 0.3) is 11.0 Å². The summed E-state index contributed by atoms with van der Waals surface area (Å²) in [6.45, 7) is 2.64. The molecule has 0 aliphatic rings. The Labute approximate surface area is 158 Å². The zero-order valence-electron chi connectivity index (χ0n) is 14.4. The number of carbonyl (C=O) groups excluding carboxylic acids is 1. The number of amides is 1. The summed E-state index contributed by atoms with van der Waals surface area (Å²) in [6.07, 6.45) is 0. The van der Waals surface area contributed by atoms with Gasteiger partial charge in [0.1, 0.15) is 16.3 Å². The van der Waals surface area contributed by atoms with E-state index in [1.54, 1.807) is 10.7 Å². The molecular formula is C18H15FN6OS. The lowest BCUT2D eigenvalue weighted by atomic mass is 10.2. The van der Waals surface area contributed by atoms with E-state index in [1.165, 1.54) is 34.4 Å². The van der Waals surface area contributed by atoms with Gasteiger partial charge in [-0.3, -0.25) is 9.69 Å². The van der Waals surface area contributed by atoms with Crippen LogP contribution in [0, 0.1) is 5.82 Å². The molecule has 2 heterocycles. The van der Waals surface area contributed by atoms with Crippen LogP contribution < -0.4 is 4.90 Å². The van der Waals surface area contributed by atoms with Crippen LogP contribution in [-0.4, -0.2) is 37.6 Å². The van der Waals surface area contributed by atoms with Crippen molar-refractivity contribution in [2.75, 3.05) is 11.4 Å². The SMILES string of the molecule is CCN(C(=O)c1cccc(F)c1)c1nnc(Cn2nnc3ccccc32)s1. The molecule has 0 atom stereocenters. The number of rotatable bonds is 5. The average Bonchev–Trinajstić information content (AvgIpc) is 3.30. The molecule has 4 rings (SSSR count). The first kappa shape index (κ1) is 17.2. The zero-order valence-corrected chi connectivity index (χ0v) is 15.2. The largest absolute Gasteiger partial charge is 0.283 e. The van der Waals surface area contributed by atoms with Gasteiger partial charge in [0, 0.05) is 12.1 Å². The Morgan fingerprint density at radius 3 is 2.81 bits per heavy atom. The summed E-state index contributed by atoms with van der Waals surface area (Å²) in [4.78, 5) is 14.2. The van der Waals surface area contributed by atoms with Crippen molar-refractivity contribution >= 4 is 33.4 Å². The van der Waals surface area contributed by atoms with Crippen molar-refractivity contribution in [1.82, 2.24) is 25.2 Å². The van der Waals surface area contributed by atoms with E-state index in [4.69, 9.17) is 0 Å². The Balaban J connectivity index is 1.58. The van der Waals surface area contributed by atoms with Crippen LogP contribution in [0.4, 0.5) is 9.52 Å². The molecular weight excluding hydrogens is 367 g/mol. The fraction of sp³-hybridized carbons (Fsp3) is 0.167. The van der Waals surface area contributed by atoms with Crippen LogP contribution in [0.2, 0.25) is 0 Å². The van der Waals surface area contributed by atoms with Crippen LogP contribution >= 0.6 is 11.3 Å². The molecule has 0 unspecified atom stereocenters. The molecule has 9 heteroatoms. The quantitative estimate of drug-likeness (QED) is 0.530. The molecule has 2 aromatic carbocycles. The molecule has 0 aliphatic heterocycles. The molecule has 2 aromatic heterocycles. The number of hydrogen-bond donors (Lipinski definition) is 0. The molecule has 0 bridgehead atoms. The van der Waals surface area contributed by atoms with E-state index in [-0.39, 0.29) is 11.5 Å². The maximum atomic E-state index is 13.4. The van der Waals surface area contributed by atoms with E-state index in [1.807, 2.05) is 31.2 Å². The van der Waals surface area contributed by atoms with E-state index in [2.05, 4.69) is 20.5 Å². The Bertz CT molecular complexity index is 1110. The predicted octanol–water partition coefficient (Wildman–Crippen LogP) is 3.14. The first-order valence-corrected chi connectivity index (χ1v) is 9.15. The van der Waals surface area contributed by atoms with Gasteiger partial charge in [-0.15, -0.1) is 15.3 Å². The maximum Gasteiger partial charge on any atom is 0.260 e. The third kappa shape index (κ3) is 3.41. The molecule has 4 aromatic rings. The zero-order chi connectivity index (χ0) is 18.8. The van der Waals surface area contributed by atoms with Gasteiger partial charge in [-0.1, -0.05) is 34.7 Å². The molecule has 0 fully saturated rings. The molecule has 0 N–H and O–H groups in total. The number of nitrogens with zero attached hydrogens (tertiary/aromatic N) is 6. The Morgan fingerprint density at radius 1 is 1.15 bits per heavy atom. The van der Waals surface area contributed by atoms with Gasteiger partial charge in [-0.05, 0) is 37.3 Å². The van der Waals surface area contributed by atoms with Crippen LogP contribution in [-0.2, 0) is 6.54 Å². The molecule has 7 nitrogen and oxygen atoms in total. The molecule has 136 valence electrons. The minimum Gasteiger partial charge on any atom is -0.283 e. The molecule has 1 amide bonds. The summed E-state index contributed by atoms with van der Waals surface area (Å²) in [5.74, 6) is -0.765. The Hall–Kier alpha value is -3.20. The summed E-state index contributed by atoms with van der Waals surface area (Å²) in [7, 11) is 0. The first-order chi connectivity index (χ1) is 13.2. The third-order valence-electron chi connectivity index (χ3n) is 4.03. The molecule has 0 saturated carbocycles. The topological polar surface area (TPSA) is 76.8 Å². The van der Waals surface area contributed by atoms with Crippen molar-refractivity contribution in [3.63, 3.8) is 0 Å². The van der Waals surface area contributed by atoms with Gasteiger partial charge in [-0.25, -0.2) is 9.07 Å². The smallest absolute Gasteiger partial charge is 0.260 e. The van der Waals surface area contributed by atoms with E-state index in [0.29, 0.717) is 23.2 Å². The van der Waals surface area contributed by atoms with Gasteiger partial charge in [0.2, 0.25) is 5.13 Å². The van der Waals surface area contributed by atoms with Gasteiger partial charge < -0.3 is 0 Å². The van der Waals surface area contributed by atoms with Crippen molar-refractivity contribution in [2.24, 2.45) is 0 Å². The van der Waals surface area contributed by atoms with E-state index >= 15 is 0 Å². The van der Waals surface area contributed by atoms with Crippen molar-refractivity contribution in [3.8, 4) is 0 Å². The van der Waals surface area contributed by atoms with Gasteiger partial charge in [0.05, 0.1) is 12.1 Å². The second kappa shape index (κ2) is 7.20. The Kier molecular flexibility index (Phi) is 4.59. The summed E-state index contributed by atoms with van der Waals surface area (Å²) in [5.41, 5.74) is 1.98. The highest BCUT2D eigenvalue weighted by atomic mass is 32.1. The second-order valence-corrected chi connectivity index (χ2v) is 6.81. The number of halogens is 1. The van der Waals surface area contributed by atoms with Crippen molar-refractivity contribution < 1.29 is 9.18 Å². The van der Waals surface area contributed by atoms with Crippen LogP contribution in [0.3, 0.4) is 0 Å².